The van der Waals surface area contributed by atoms with Gasteiger partial charge >= 0.3 is 6.09 Å². The van der Waals surface area contributed by atoms with Gasteiger partial charge in [0.1, 0.15) is 23.0 Å². The molecule has 1 amide bonds. The summed E-state index contributed by atoms with van der Waals surface area (Å²) in [5, 5.41) is 13.6. The summed E-state index contributed by atoms with van der Waals surface area (Å²) < 4.78 is 1.71. The molecule has 0 bridgehead atoms. The molecule has 3 rings (SSSR count). The quantitative estimate of drug-likeness (QED) is 0.820. The van der Waals surface area contributed by atoms with E-state index in [0.29, 0.717) is 6.54 Å². The molecule has 0 aliphatic carbocycles. The Bertz CT molecular complexity index is 610. The Hall–Kier alpha value is -2.18. The SMILES string of the molecule is CC1(n2ncc3ncncc32)CCCN1C(=O)O. The molecule has 0 saturated carbocycles. The molecular weight excluding hydrogens is 234 g/mol. The maximum Gasteiger partial charge on any atom is 0.409 e. The summed E-state index contributed by atoms with van der Waals surface area (Å²) in [4.78, 5) is 20.8. The summed E-state index contributed by atoms with van der Waals surface area (Å²) >= 11 is 0. The van der Waals surface area contributed by atoms with Crippen molar-refractivity contribution < 1.29 is 9.90 Å². The maximum absolute atomic E-state index is 11.3. The predicted molar refractivity (Wildman–Crippen MR) is 62.9 cm³/mol. The lowest BCUT2D eigenvalue weighted by Gasteiger charge is -2.33. The summed E-state index contributed by atoms with van der Waals surface area (Å²) in [6.45, 7) is 2.41. The molecule has 0 radical (unpaired) electrons. The first-order valence-corrected chi connectivity index (χ1v) is 5.78. The Morgan fingerprint density at radius 2 is 2.33 bits per heavy atom. The third-order valence-electron chi connectivity index (χ3n) is 3.55. The van der Waals surface area contributed by atoms with Gasteiger partial charge in [0.2, 0.25) is 0 Å². The van der Waals surface area contributed by atoms with E-state index in [1.807, 2.05) is 6.92 Å². The van der Waals surface area contributed by atoms with Crippen LogP contribution in [0.5, 0.6) is 0 Å². The summed E-state index contributed by atoms with van der Waals surface area (Å²) in [7, 11) is 0. The zero-order valence-electron chi connectivity index (χ0n) is 9.94. The topological polar surface area (TPSA) is 84.1 Å². The number of carbonyl (C=O) groups is 1. The largest absolute Gasteiger partial charge is 0.465 e. The molecule has 1 fully saturated rings. The minimum atomic E-state index is -0.921. The van der Waals surface area contributed by atoms with Crippen molar-refractivity contribution in [1.29, 1.82) is 0 Å². The van der Waals surface area contributed by atoms with Crippen molar-refractivity contribution in [3.8, 4) is 0 Å². The number of hydrogen-bond donors (Lipinski definition) is 1. The van der Waals surface area contributed by atoms with Crippen LogP contribution in [0.1, 0.15) is 19.8 Å². The summed E-state index contributed by atoms with van der Waals surface area (Å²) in [5.41, 5.74) is 0.829. The Balaban J connectivity index is 2.16. The van der Waals surface area contributed by atoms with Crippen LogP contribution in [0.3, 0.4) is 0 Å². The molecule has 7 nitrogen and oxygen atoms in total. The van der Waals surface area contributed by atoms with Crippen molar-refractivity contribution in [3.63, 3.8) is 0 Å². The third-order valence-corrected chi connectivity index (χ3v) is 3.55. The molecule has 0 aromatic carbocycles. The van der Waals surface area contributed by atoms with Crippen LogP contribution in [0.2, 0.25) is 0 Å². The van der Waals surface area contributed by atoms with Crippen LogP contribution in [-0.2, 0) is 5.66 Å². The first-order valence-electron chi connectivity index (χ1n) is 5.78. The van der Waals surface area contributed by atoms with Gasteiger partial charge in [-0.05, 0) is 19.8 Å². The molecule has 1 N–H and O–H groups in total. The van der Waals surface area contributed by atoms with E-state index in [9.17, 15) is 9.90 Å². The molecule has 2 aromatic rings. The number of carboxylic acid groups (broad SMARTS) is 1. The van der Waals surface area contributed by atoms with E-state index in [0.717, 1.165) is 23.9 Å². The second kappa shape index (κ2) is 3.66. The Morgan fingerprint density at radius 1 is 1.50 bits per heavy atom. The van der Waals surface area contributed by atoms with Gasteiger partial charge in [-0.1, -0.05) is 0 Å². The summed E-state index contributed by atoms with van der Waals surface area (Å²) in [5.74, 6) is 0. The fraction of sp³-hybridized carbons (Fsp3) is 0.455. The number of likely N-dealkylation sites (tertiary alicyclic amines) is 1. The Labute approximate surface area is 103 Å². The minimum Gasteiger partial charge on any atom is -0.465 e. The number of rotatable bonds is 1. The molecule has 7 heteroatoms. The summed E-state index contributed by atoms with van der Waals surface area (Å²) in [6, 6.07) is 0. The smallest absolute Gasteiger partial charge is 0.409 e. The third kappa shape index (κ3) is 1.36. The van der Waals surface area contributed by atoms with Crippen LogP contribution in [0.4, 0.5) is 4.79 Å². The Kier molecular flexibility index (Phi) is 2.22. The van der Waals surface area contributed by atoms with Gasteiger partial charge in [-0.25, -0.2) is 19.4 Å². The predicted octanol–water partition coefficient (Wildman–Crippen LogP) is 1.27. The highest BCUT2D eigenvalue weighted by Crippen LogP contribution is 2.35. The first kappa shape index (κ1) is 10.9. The first-order chi connectivity index (χ1) is 8.63. The van der Waals surface area contributed by atoms with Crippen LogP contribution >= 0.6 is 0 Å². The van der Waals surface area contributed by atoms with Crippen LogP contribution in [-0.4, -0.2) is 42.4 Å². The standard InChI is InChI=1S/C11H13N5O2/c1-11(3-2-4-15(11)10(17)18)16-9-6-12-7-13-8(9)5-14-16/h5-7H,2-4H2,1H3,(H,17,18). The zero-order chi connectivity index (χ0) is 12.8. The van der Waals surface area contributed by atoms with Crippen LogP contribution < -0.4 is 0 Å². The monoisotopic (exact) mass is 247 g/mol. The molecular formula is C11H13N5O2. The van der Waals surface area contributed by atoms with Gasteiger partial charge < -0.3 is 5.11 Å². The van der Waals surface area contributed by atoms with Gasteiger partial charge in [-0.15, -0.1) is 0 Å². The van der Waals surface area contributed by atoms with E-state index in [1.54, 1.807) is 17.1 Å². The van der Waals surface area contributed by atoms with Crippen molar-refractivity contribution in [2.24, 2.45) is 0 Å². The number of hydrogen-bond acceptors (Lipinski definition) is 4. The molecule has 0 spiro atoms. The van der Waals surface area contributed by atoms with E-state index in [2.05, 4.69) is 15.1 Å². The highest BCUT2D eigenvalue weighted by Gasteiger charge is 2.42. The fourth-order valence-electron chi connectivity index (χ4n) is 2.62. The number of nitrogens with zero attached hydrogens (tertiary/aromatic N) is 5. The minimum absolute atomic E-state index is 0.529. The second-order valence-electron chi connectivity index (χ2n) is 4.60. The van der Waals surface area contributed by atoms with Gasteiger partial charge in [0, 0.05) is 6.54 Å². The van der Waals surface area contributed by atoms with Crippen molar-refractivity contribution >= 4 is 17.1 Å². The molecule has 1 atom stereocenters. The van der Waals surface area contributed by atoms with E-state index in [1.165, 1.54) is 11.2 Å². The number of amides is 1. The molecule has 18 heavy (non-hydrogen) atoms. The normalized spacial score (nSPS) is 23.7. The molecule has 2 aromatic heterocycles. The van der Waals surface area contributed by atoms with E-state index in [-0.39, 0.29) is 0 Å². The molecule has 3 heterocycles. The van der Waals surface area contributed by atoms with Gasteiger partial charge in [0.05, 0.1) is 12.4 Å². The van der Waals surface area contributed by atoms with Crippen LogP contribution in [0.15, 0.2) is 18.7 Å². The van der Waals surface area contributed by atoms with Gasteiger partial charge in [0.25, 0.3) is 0 Å². The lowest BCUT2D eigenvalue weighted by atomic mass is 10.1. The average Bonchev–Trinajstić information content (AvgIpc) is 2.93. The molecule has 1 unspecified atom stereocenters. The van der Waals surface area contributed by atoms with E-state index >= 15 is 0 Å². The van der Waals surface area contributed by atoms with Gasteiger partial charge in [-0.3, -0.25) is 4.90 Å². The summed E-state index contributed by atoms with van der Waals surface area (Å²) in [6.07, 6.45) is 5.42. The number of fused-ring (bicyclic) bond motifs is 1. The lowest BCUT2D eigenvalue weighted by Crippen LogP contribution is -2.47. The van der Waals surface area contributed by atoms with E-state index < -0.39 is 11.8 Å². The fourth-order valence-corrected chi connectivity index (χ4v) is 2.62. The highest BCUT2D eigenvalue weighted by molar-refractivity contribution is 5.73. The second-order valence-corrected chi connectivity index (χ2v) is 4.60. The van der Waals surface area contributed by atoms with Crippen molar-refractivity contribution in [2.45, 2.75) is 25.4 Å². The van der Waals surface area contributed by atoms with Crippen LogP contribution in [0, 0.1) is 0 Å². The maximum atomic E-state index is 11.3. The lowest BCUT2D eigenvalue weighted by molar-refractivity contribution is 0.0648. The van der Waals surface area contributed by atoms with Crippen molar-refractivity contribution in [3.05, 3.63) is 18.7 Å². The molecule has 1 aliphatic rings. The van der Waals surface area contributed by atoms with Crippen molar-refractivity contribution in [1.82, 2.24) is 24.6 Å². The highest BCUT2D eigenvalue weighted by atomic mass is 16.4. The zero-order valence-corrected chi connectivity index (χ0v) is 9.94. The molecule has 94 valence electrons. The Morgan fingerprint density at radius 3 is 3.11 bits per heavy atom. The van der Waals surface area contributed by atoms with Crippen molar-refractivity contribution in [2.75, 3.05) is 6.54 Å². The van der Waals surface area contributed by atoms with Gasteiger partial charge in [0.15, 0.2) is 0 Å². The van der Waals surface area contributed by atoms with Gasteiger partial charge in [-0.2, -0.15) is 5.10 Å². The molecule has 1 saturated heterocycles. The van der Waals surface area contributed by atoms with Crippen LogP contribution in [0.25, 0.3) is 11.0 Å². The van der Waals surface area contributed by atoms with E-state index in [4.69, 9.17) is 0 Å². The average molecular weight is 247 g/mol. The molecule has 1 aliphatic heterocycles. The number of aromatic nitrogens is 4.